The van der Waals surface area contributed by atoms with E-state index in [9.17, 15) is 0 Å². The summed E-state index contributed by atoms with van der Waals surface area (Å²) in [5, 5.41) is 0. The van der Waals surface area contributed by atoms with Gasteiger partial charge in [0.05, 0.1) is 0 Å². The fraction of sp³-hybridized carbons (Fsp3) is 0. The second kappa shape index (κ2) is 21.4. The fourth-order valence-electron chi connectivity index (χ4n) is 0. The van der Waals surface area contributed by atoms with Crippen LogP contribution in [0, 0.1) is 0 Å². The van der Waals surface area contributed by atoms with E-state index in [1.54, 1.807) is 0 Å². The van der Waals surface area contributed by atoms with Gasteiger partial charge in [0, 0.05) is 0 Å². The van der Waals surface area contributed by atoms with Crippen LogP contribution in [0.3, 0.4) is 0 Å². The van der Waals surface area contributed by atoms with Gasteiger partial charge in [-0.3, -0.25) is 0 Å². The molecule has 0 bridgehead atoms. The number of hydrogen-bond donors (Lipinski definition) is 0. The first-order chi connectivity index (χ1) is 2.00. The van der Waals surface area contributed by atoms with Crippen LogP contribution in [0.5, 0.6) is 0 Å². The summed E-state index contributed by atoms with van der Waals surface area (Å²) < 4.78 is 0. The summed E-state index contributed by atoms with van der Waals surface area (Å²) in [6.45, 7) is 0. The molecule has 26 valence electrons. The average molecular weight is 239 g/mol. The van der Waals surface area contributed by atoms with Crippen molar-refractivity contribution in [2.45, 2.75) is 0 Å². The Morgan fingerprint density at radius 2 is 1.25 bits per heavy atom. The van der Waals surface area contributed by atoms with E-state index >= 15 is 0 Å². The molecule has 0 heterocycles. The minimum atomic E-state index is 0.733. The average Bonchev–Trinajstić information content (AvgIpc) is 1.50. The van der Waals surface area contributed by atoms with Gasteiger partial charge in [-0.2, -0.15) is 0 Å². The van der Waals surface area contributed by atoms with Gasteiger partial charge in [-0.1, -0.05) is 0 Å². The van der Waals surface area contributed by atoms with E-state index in [1.165, 1.54) is 0 Å². The van der Waals surface area contributed by atoms with E-state index in [-0.39, 0.29) is 0 Å². The monoisotopic (exact) mass is 238 g/mol. The Balaban J connectivity index is 0. The van der Waals surface area contributed by atoms with Crippen LogP contribution in [0.15, 0.2) is 0 Å². The predicted octanol–water partition coefficient (Wildman–Crippen LogP) is 0.645. The minimum absolute atomic E-state index is 0.733. The fourth-order valence-corrected chi connectivity index (χ4v) is 0. The molecule has 0 N–H and O–H groups in total. The maximum atomic E-state index is 4.25. The first-order valence-electron chi connectivity index (χ1n) is 0.418. The molecular formula is HInNiS2. The van der Waals surface area contributed by atoms with Crippen molar-refractivity contribution in [1.82, 2.24) is 0 Å². The molecule has 0 aromatic heterocycles. The predicted molar refractivity (Wildman–Crippen MR) is 22.3 cm³/mol. The van der Waals surface area contributed by atoms with Crippen molar-refractivity contribution in [3.8, 4) is 0 Å². The quantitative estimate of drug-likeness (QED) is 0.569. The Morgan fingerprint density at radius 1 is 1.25 bits per heavy atom. The third-order valence-electron chi connectivity index (χ3n) is 0. The Kier molecular flexibility index (Phi) is 49.4. The summed E-state index contributed by atoms with van der Waals surface area (Å²) in [7, 11) is 7.96. The van der Waals surface area contributed by atoms with Crippen molar-refractivity contribution in [2.75, 3.05) is 0 Å². The van der Waals surface area contributed by atoms with Crippen molar-refractivity contribution >= 4 is 41.9 Å². The SMILES string of the molecule is [S]=[InH].[S]=[Ni]. The third kappa shape index (κ3) is 9.19. The van der Waals surface area contributed by atoms with E-state index in [1.807, 2.05) is 0 Å². The van der Waals surface area contributed by atoms with Gasteiger partial charge in [-0.15, -0.1) is 0 Å². The van der Waals surface area contributed by atoms with Crippen molar-refractivity contribution in [2.24, 2.45) is 0 Å². The molecule has 0 fully saturated rings. The molecule has 0 rings (SSSR count). The van der Waals surface area contributed by atoms with E-state index in [0.29, 0.717) is 0 Å². The van der Waals surface area contributed by atoms with Crippen molar-refractivity contribution in [1.29, 1.82) is 0 Å². The van der Waals surface area contributed by atoms with Gasteiger partial charge in [0.15, 0.2) is 0 Å². The zero-order chi connectivity index (χ0) is 4.00. The van der Waals surface area contributed by atoms with Gasteiger partial charge in [0.2, 0.25) is 0 Å². The van der Waals surface area contributed by atoms with Crippen LogP contribution in [-0.4, -0.2) is 22.4 Å². The molecule has 0 spiro atoms. The van der Waals surface area contributed by atoms with Crippen molar-refractivity contribution < 1.29 is 13.9 Å². The molecule has 0 aliphatic heterocycles. The van der Waals surface area contributed by atoms with Gasteiger partial charge in [-0.05, 0) is 0 Å². The molecule has 0 aliphatic rings. The van der Waals surface area contributed by atoms with Crippen LogP contribution in [0.25, 0.3) is 0 Å². The molecule has 0 radical (unpaired) electrons. The first-order valence-corrected chi connectivity index (χ1v) is 7.41. The summed E-state index contributed by atoms with van der Waals surface area (Å²) >= 11 is 4.19. The molecule has 0 nitrogen and oxygen atoms in total. The summed E-state index contributed by atoms with van der Waals surface area (Å²) in [6.07, 6.45) is 0. The van der Waals surface area contributed by atoms with Crippen LogP contribution in [0.4, 0.5) is 0 Å². The molecule has 0 aromatic rings. The second-order valence-electron chi connectivity index (χ2n) is 0. The van der Waals surface area contributed by atoms with Crippen LogP contribution in [0.1, 0.15) is 0 Å². The molecule has 4 heteroatoms. The Hall–Kier alpha value is 1.80. The van der Waals surface area contributed by atoms with Crippen molar-refractivity contribution in [3.05, 3.63) is 0 Å². The van der Waals surface area contributed by atoms with Gasteiger partial charge >= 0.3 is 55.8 Å². The Morgan fingerprint density at radius 3 is 1.25 bits per heavy atom. The molecule has 0 atom stereocenters. The Bertz CT molecular complexity index is 8.00. The van der Waals surface area contributed by atoms with Gasteiger partial charge in [0.25, 0.3) is 0 Å². The van der Waals surface area contributed by atoms with Crippen molar-refractivity contribution in [3.63, 3.8) is 0 Å². The molecule has 4 heavy (non-hydrogen) atoms. The second-order valence-corrected chi connectivity index (χ2v) is 0. The molecular weight excluding hydrogens is 238 g/mol. The molecule has 0 aliphatic carbocycles. The van der Waals surface area contributed by atoms with Gasteiger partial charge in [-0.25, -0.2) is 0 Å². The third-order valence-corrected chi connectivity index (χ3v) is 0. The molecule has 0 saturated heterocycles. The van der Waals surface area contributed by atoms with Gasteiger partial charge in [0.1, 0.15) is 0 Å². The summed E-state index contributed by atoms with van der Waals surface area (Å²) in [5.41, 5.74) is 0. The van der Waals surface area contributed by atoms with E-state index in [2.05, 4.69) is 33.4 Å². The summed E-state index contributed by atoms with van der Waals surface area (Å²) in [4.78, 5) is 0. The molecule has 0 saturated carbocycles. The molecule has 0 unspecified atom stereocenters. The van der Waals surface area contributed by atoms with E-state index < -0.39 is 0 Å². The standard InChI is InChI=1S/In.Ni.2S.H. The van der Waals surface area contributed by atoms with Crippen LogP contribution < -0.4 is 0 Å². The summed E-state index contributed by atoms with van der Waals surface area (Å²) in [6, 6.07) is 0. The van der Waals surface area contributed by atoms with Crippen LogP contribution in [0.2, 0.25) is 0 Å². The van der Waals surface area contributed by atoms with E-state index in [4.69, 9.17) is 0 Å². The molecule has 0 aromatic carbocycles. The zero-order valence-corrected chi connectivity index (χ0v) is 8.50. The topological polar surface area (TPSA) is 0 Å². The zero-order valence-electron chi connectivity index (χ0n) is 1.84. The number of hydrogen-bond acceptors (Lipinski definition) is 2. The molecule has 0 amide bonds. The Labute approximate surface area is 55.2 Å². The van der Waals surface area contributed by atoms with Gasteiger partial charge < -0.3 is 0 Å². The van der Waals surface area contributed by atoms with Crippen LogP contribution in [-0.2, 0) is 13.9 Å². The van der Waals surface area contributed by atoms with E-state index in [0.717, 1.165) is 22.4 Å². The maximum absolute atomic E-state index is 4.25. The normalized spacial score (nSPS) is 2.25. The first kappa shape index (κ1) is 9.26. The summed E-state index contributed by atoms with van der Waals surface area (Å²) in [5.74, 6) is 0. The van der Waals surface area contributed by atoms with Crippen LogP contribution >= 0.6 is 19.6 Å². The number of rotatable bonds is 0.